The Hall–Kier alpha value is 0.140. The molecule has 0 spiro atoms. The predicted molar refractivity (Wildman–Crippen MR) is 48.6 cm³/mol. The molecule has 0 atom stereocenters. The lowest BCUT2D eigenvalue weighted by atomic mass is 10.6. The fraction of sp³-hybridized carbons (Fsp3) is 0.667. The van der Waals surface area contributed by atoms with Gasteiger partial charge < -0.3 is 0 Å². The van der Waals surface area contributed by atoms with Crippen LogP contribution in [-0.2, 0) is 0 Å². The molecular weight excluding hydrogens is 149 g/mol. The topological polar surface area (TPSA) is 23.8 Å². The van der Waals surface area contributed by atoms with Gasteiger partial charge in [-0.25, -0.2) is 0 Å². The van der Waals surface area contributed by atoms with E-state index in [0.717, 1.165) is 5.75 Å². The summed E-state index contributed by atoms with van der Waals surface area (Å²) in [5.74, 6) is 0.945. The van der Waals surface area contributed by atoms with E-state index in [1.807, 2.05) is 11.4 Å². The zero-order valence-corrected chi connectivity index (χ0v) is 7.63. The Balaban J connectivity index is 3.32. The highest BCUT2D eigenvalue weighted by atomic mass is 32.7. The number of nitrogens with zero attached hydrogens (tertiary/aromatic N) is 1. The van der Waals surface area contributed by atoms with Crippen LogP contribution in [0.4, 0.5) is 0 Å². The van der Waals surface area contributed by atoms with Crippen LogP contribution in [0.5, 0.6) is 0 Å². The van der Waals surface area contributed by atoms with Crippen LogP contribution in [0, 0.1) is 11.3 Å². The molecule has 0 saturated heterocycles. The molecule has 0 aromatic rings. The fourth-order valence-corrected chi connectivity index (χ4v) is 2.77. The highest BCUT2D eigenvalue weighted by molar-refractivity contribution is 8.60. The van der Waals surface area contributed by atoms with Gasteiger partial charge in [-0.2, -0.15) is 5.26 Å². The van der Waals surface area contributed by atoms with Crippen molar-refractivity contribution < 1.29 is 0 Å². The average Bonchev–Trinajstić information content (AvgIpc) is 1.63. The molecule has 0 aliphatic carbocycles. The lowest BCUT2D eigenvalue weighted by molar-refractivity contribution is 1.25. The Morgan fingerprint density at radius 2 is 2.22 bits per heavy atom. The van der Waals surface area contributed by atoms with Crippen molar-refractivity contribution in [1.82, 2.24) is 0 Å². The van der Waals surface area contributed by atoms with Gasteiger partial charge in [0.1, 0.15) is 0 Å². The molecule has 0 bridgehead atoms. The van der Waals surface area contributed by atoms with E-state index in [2.05, 4.69) is 25.7 Å². The Bertz CT molecular complexity index is 153. The van der Waals surface area contributed by atoms with E-state index < -0.39 is 6.09 Å². The molecular formula is C6H12NPS. The largest absolute Gasteiger partial charge is 0.198 e. The minimum atomic E-state index is -0.930. The SMILES string of the molecule is C=P(C)(C)SCCC#N. The van der Waals surface area contributed by atoms with Gasteiger partial charge in [-0.15, -0.1) is 11.4 Å². The second-order valence-corrected chi connectivity index (χ2v) is 9.87. The van der Waals surface area contributed by atoms with E-state index in [9.17, 15) is 0 Å². The summed E-state index contributed by atoms with van der Waals surface area (Å²) in [6, 6.07) is 2.11. The number of hydrogen-bond acceptors (Lipinski definition) is 2. The molecule has 0 heterocycles. The molecule has 1 nitrogen and oxygen atoms in total. The smallest absolute Gasteiger partial charge is 0.0630 e. The molecule has 0 aromatic carbocycles. The van der Waals surface area contributed by atoms with Gasteiger partial charge in [-0.1, -0.05) is 12.4 Å². The summed E-state index contributed by atoms with van der Waals surface area (Å²) in [5, 5.41) is 8.19. The number of rotatable bonds is 3. The van der Waals surface area contributed by atoms with Gasteiger partial charge in [0.2, 0.25) is 0 Å². The van der Waals surface area contributed by atoms with Gasteiger partial charge in [0, 0.05) is 12.2 Å². The Morgan fingerprint density at radius 3 is 2.56 bits per heavy atom. The van der Waals surface area contributed by atoms with Crippen LogP contribution in [0.2, 0.25) is 0 Å². The van der Waals surface area contributed by atoms with Crippen LogP contribution in [0.1, 0.15) is 6.42 Å². The normalized spacial score (nSPS) is 10.8. The van der Waals surface area contributed by atoms with Crippen LogP contribution >= 0.6 is 17.5 Å². The van der Waals surface area contributed by atoms with Gasteiger partial charge in [0.05, 0.1) is 6.07 Å². The van der Waals surface area contributed by atoms with Crippen molar-refractivity contribution >= 4 is 23.8 Å². The molecule has 0 saturated carbocycles. The third-order valence-corrected chi connectivity index (χ3v) is 4.38. The van der Waals surface area contributed by atoms with Gasteiger partial charge >= 0.3 is 0 Å². The van der Waals surface area contributed by atoms with Gasteiger partial charge in [-0.05, 0) is 13.3 Å². The van der Waals surface area contributed by atoms with Crippen LogP contribution in [0.15, 0.2) is 0 Å². The molecule has 0 amide bonds. The van der Waals surface area contributed by atoms with Crippen molar-refractivity contribution in [3.8, 4) is 6.07 Å². The second kappa shape index (κ2) is 4.04. The molecule has 3 heteroatoms. The van der Waals surface area contributed by atoms with Crippen molar-refractivity contribution in [2.24, 2.45) is 0 Å². The third kappa shape index (κ3) is 8.14. The fourth-order valence-electron chi connectivity index (χ4n) is 0.338. The molecule has 52 valence electrons. The first-order valence-electron chi connectivity index (χ1n) is 2.76. The number of nitriles is 1. The first kappa shape index (κ1) is 9.14. The van der Waals surface area contributed by atoms with E-state index in [1.54, 1.807) is 0 Å². The predicted octanol–water partition coefficient (Wildman–Crippen LogP) is 2.26. The number of hydrogen-bond donors (Lipinski definition) is 0. The summed E-state index contributed by atoms with van der Waals surface area (Å²) in [6.45, 7) is 4.32. The van der Waals surface area contributed by atoms with E-state index in [0.29, 0.717) is 6.42 Å². The maximum Gasteiger partial charge on any atom is 0.0630 e. The zero-order chi connectivity index (χ0) is 7.33. The Labute approximate surface area is 61.2 Å². The van der Waals surface area contributed by atoms with E-state index in [1.165, 1.54) is 0 Å². The van der Waals surface area contributed by atoms with E-state index >= 15 is 0 Å². The molecule has 0 aliphatic rings. The minimum absolute atomic E-state index is 0.656. The lowest BCUT2D eigenvalue weighted by Gasteiger charge is -2.08. The first-order chi connectivity index (χ1) is 4.06. The molecule has 0 unspecified atom stereocenters. The summed E-state index contributed by atoms with van der Waals surface area (Å²) in [6.07, 6.45) is 3.73. The molecule has 0 radical (unpaired) electrons. The molecule has 0 fully saturated rings. The van der Waals surface area contributed by atoms with Crippen LogP contribution in [0.25, 0.3) is 0 Å². The van der Waals surface area contributed by atoms with Gasteiger partial charge in [0.15, 0.2) is 0 Å². The summed E-state index contributed by atoms with van der Waals surface area (Å²) in [7, 11) is 0. The standard InChI is InChI=1S/C6H12NPS/c1-8(2,3)9-6-4-5-7/h1,4,6H2,2-3H3. The highest BCUT2D eigenvalue weighted by Gasteiger charge is 1.97. The third-order valence-electron chi connectivity index (χ3n) is 0.655. The van der Waals surface area contributed by atoms with Crippen molar-refractivity contribution in [2.75, 3.05) is 19.1 Å². The Kier molecular flexibility index (Phi) is 4.10. The Morgan fingerprint density at radius 1 is 1.67 bits per heavy atom. The van der Waals surface area contributed by atoms with Gasteiger partial charge in [-0.3, -0.25) is 0 Å². The molecule has 0 aromatic heterocycles. The quantitative estimate of drug-likeness (QED) is 0.468. The average molecular weight is 161 g/mol. The maximum absolute atomic E-state index is 8.19. The first-order valence-corrected chi connectivity index (χ1v) is 7.22. The van der Waals surface area contributed by atoms with Crippen LogP contribution < -0.4 is 0 Å². The summed E-state index contributed by atoms with van der Waals surface area (Å²) in [5.41, 5.74) is 0. The lowest BCUT2D eigenvalue weighted by Crippen LogP contribution is -1.74. The summed E-state index contributed by atoms with van der Waals surface area (Å²) < 4.78 is 0. The molecule has 0 aliphatic heterocycles. The monoisotopic (exact) mass is 161 g/mol. The van der Waals surface area contributed by atoms with E-state index in [4.69, 9.17) is 5.26 Å². The van der Waals surface area contributed by atoms with Crippen molar-refractivity contribution in [2.45, 2.75) is 6.42 Å². The molecule has 0 N–H and O–H groups in total. The second-order valence-electron chi connectivity index (χ2n) is 2.32. The van der Waals surface area contributed by atoms with Crippen LogP contribution in [0.3, 0.4) is 0 Å². The van der Waals surface area contributed by atoms with Crippen molar-refractivity contribution in [3.05, 3.63) is 0 Å². The van der Waals surface area contributed by atoms with Crippen molar-refractivity contribution in [3.63, 3.8) is 0 Å². The van der Waals surface area contributed by atoms with Crippen molar-refractivity contribution in [1.29, 1.82) is 5.26 Å². The summed E-state index contributed by atoms with van der Waals surface area (Å²) >= 11 is 1.84. The summed E-state index contributed by atoms with van der Waals surface area (Å²) in [4.78, 5) is 0. The van der Waals surface area contributed by atoms with Crippen LogP contribution in [-0.4, -0.2) is 25.4 Å². The molecule has 9 heavy (non-hydrogen) atoms. The highest BCUT2D eigenvalue weighted by Crippen LogP contribution is 2.50. The maximum atomic E-state index is 8.19. The zero-order valence-electron chi connectivity index (χ0n) is 5.92. The van der Waals surface area contributed by atoms with E-state index in [-0.39, 0.29) is 0 Å². The molecule has 0 rings (SSSR count). The van der Waals surface area contributed by atoms with Gasteiger partial charge in [0.25, 0.3) is 0 Å². The minimum Gasteiger partial charge on any atom is -0.198 e.